The van der Waals surface area contributed by atoms with E-state index in [1.165, 1.54) is 6.92 Å². The lowest BCUT2D eigenvalue weighted by molar-refractivity contribution is -0.118. The number of hydrogen-bond donors (Lipinski definition) is 2. The average molecular weight is 444 g/mol. The maximum atomic E-state index is 13.4. The van der Waals surface area contributed by atoms with Crippen LogP contribution in [0.1, 0.15) is 12.5 Å². The van der Waals surface area contributed by atoms with Gasteiger partial charge in [0.05, 0.1) is 7.11 Å². The fourth-order valence-corrected chi connectivity index (χ4v) is 3.40. The number of carbonyl (C=O) groups excluding carboxylic acids is 1. The van der Waals surface area contributed by atoms with Crippen molar-refractivity contribution < 1.29 is 9.53 Å². The summed E-state index contributed by atoms with van der Waals surface area (Å²) in [6, 6.07) is 14.6. The molecule has 0 spiro atoms. The van der Waals surface area contributed by atoms with Crippen molar-refractivity contribution in [2.24, 2.45) is 0 Å². The monoisotopic (exact) mass is 444 g/mol. The average Bonchev–Trinajstić information content (AvgIpc) is 2.84. The van der Waals surface area contributed by atoms with E-state index in [1.54, 1.807) is 48.3 Å². The Morgan fingerprint density at radius 2 is 1.91 bits per heavy atom. The van der Waals surface area contributed by atoms with Gasteiger partial charge in [-0.05, 0) is 48.0 Å². The van der Waals surface area contributed by atoms with E-state index >= 15 is 0 Å². The number of amides is 1. The second kappa shape index (κ2) is 9.90. The molecule has 168 valence electrons. The molecule has 0 atom stereocenters. The second-order valence-electron chi connectivity index (χ2n) is 7.38. The van der Waals surface area contributed by atoms with Crippen molar-refractivity contribution >= 4 is 22.9 Å². The van der Waals surface area contributed by atoms with Gasteiger partial charge in [-0.3, -0.25) is 19.1 Å². The summed E-state index contributed by atoms with van der Waals surface area (Å²) in [5.74, 6) is 1.14. The van der Waals surface area contributed by atoms with Crippen molar-refractivity contribution in [1.82, 2.24) is 24.8 Å². The lowest BCUT2D eigenvalue weighted by atomic mass is 10.1. The Hall–Kier alpha value is -4.27. The fourth-order valence-electron chi connectivity index (χ4n) is 3.40. The third-order valence-corrected chi connectivity index (χ3v) is 5.06. The highest BCUT2D eigenvalue weighted by Gasteiger charge is 2.15. The number of aromatic nitrogens is 4. The molecule has 0 aliphatic carbocycles. The van der Waals surface area contributed by atoms with E-state index in [0.717, 1.165) is 5.56 Å². The summed E-state index contributed by atoms with van der Waals surface area (Å²) in [5, 5.41) is 5.99. The van der Waals surface area contributed by atoms with E-state index in [1.807, 2.05) is 24.3 Å². The molecule has 9 nitrogen and oxygen atoms in total. The van der Waals surface area contributed by atoms with Crippen LogP contribution in [0, 0.1) is 0 Å². The maximum absolute atomic E-state index is 13.4. The van der Waals surface area contributed by atoms with Crippen molar-refractivity contribution in [3.05, 3.63) is 76.8 Å². The van der Waals surface area contributed by atoms with E-state index in [4.69, 9.17) is 4.74 Å². The summed E-state index contributed by atoms with van der Waals surface area (Å²) in [5.41, 5.74) is 2.74. The highest BCUT2D eigenvalue weighted by atomic mass is 16.5. The number of rotatable bonds is 8. The first-order valence-corrected chi connectivity index (χ1v) is 10.5. The molecule has 0 radical (unpaired) electrons. The Bertz CT molecular complexity index is 1320. The molecule has 4 rings (SSSR count). The number of pyridine rings is 2. The number of nitrogens with zero attached hydrogens (tertiary/aromatic N) is 4. The molecule has 0 saturated heterocycles. The highest BCUT2D eigenvalue weighted by Crippen LogP contribution is 2.21. The van der Waals surface area contributed by atoms with Crippen LogP contribution < -0.4 is 20.9 Å². The Kier molecular flexibility index (Phi) is 6.58. The summed E-state index contributed by atoms with van der Waals surface area (Å²) in [7, 11) is 1.59. The minimum Gasteiger partial charge on any atom is -0.497 e. The van der Waals surface area contributed by atoms with E-state index in [9.17, 15) is 9.59 Å². The number of benzene rings is 1. The molecule has 33 heavy (non-hydrogen) atoms. The van der Waals surface area contributed by atoms with Crippen LogP contribution >= 0.6 is 0 Å². The SMILES string of the molecule is COc1ccc(-c2nc3ccc(NCc4cccnc4)nc3n(CCNC(C)=O)c2=O)cc1. The normalized spacial score (nSPS) is 10.7. The summed E-state index contributed by atoms with van der Waals surface area (Å²) in [6.45, 7) is 2.54. The molecule has 0 saturated carbocycles. The van der Waals surface area contributed by atoms with Gasteiger partial charge in [0.15, 0.2) is 5.65 Å². The molecule has 0 unspecified atom stereocenters. The van der Waals surface area contributed by atoms with Gasteiger partial charge in [-0.1, -0.05) is 6.07 Å². The van der Waals surface area contributed by atoms with Gasteiger partial charge < -0.3 is 15.4 Å². The van der Waals surface area contributed by atoms with Crippen molar-refractivity contribution in [3.8, 4) is 17.0 Å². The van der Waals surface area contributed by atoms with Crippen LogP contribution in [0.4, 0.5) is 5.82 Å². The van der Waals surface area contributed by atoms with Crippen molar-refractivity contribution in [2.75, 3.05) is 19.0 Å². The van der Waals surface area contributed by atoms with E-state index in [-0.39, 0.29) is 18.0 Å². The summed E-state index contributed by atoms with van der Waals surface area (Å²) in [6.07, 6.45) is 3.50. The molecule has 0 aliphatic heterocycles. The molecule has 0 fully saturated rings. The zero-order valence-electron chi connectivity index (χ0n) is 18.4. The van der Waals surface area contributed by atoms with Gasteiger partial charge >= 0.3 is 0 Å². The van der Waals surface area contributed by atoms with Crippen LogP contribution in [-0.4, -0.2) is 39.1 Å². The molecular weight excluding hydrogens is 420 g/mol. The predicted molar refractivity (Wildman–Crippen MR) is 126 cm³/mol. The second-order valence-corrected chi connectivity index (χ2v) is 7.38. The van der Waals surface area contributed by atoms with Crippen molar-refractivity contribution in [3.63, 3.8) is 0 Å². The molecule has 0 bridgehead atoms. The Morgan fingerprint density at radius 1 is 1.09 bits per heavy atom. The fraction of sp³-hybridized carbons (Fsp3) is 0.208. The Balaban J connectivity index is 1.73. The van der Waals surface area contributed by atoms with Gasteiger partial charge in [0.25, 0.3) is 5.56 Å². The number of nitrogens with one attached hydrogen (secondary N) is 2. The maximum Gasteiger partial charge on any atom is 0.278 e. The molecule has 2 N–H and O–H groups in total. The van der Waals surface area contributed by atoms with Gasteiger partial charge in [0.1, 0.15) is 22.8 Å². The van der Waals surface area contributed by atoms with Crippen molar-refractivity contribution in [1.29, 1.82) is 0 Å². The van der Waals surface area contributed by atoms with Gasteiger partial charge in [-0.15, -0.1) is 0 Å². The standard InChI is InChI=1S/C24H24N6O3/c1-16(31)26-12-13-30-23-20(9-10-21(29-23)27-15-17-4-3-11-25-14-17)28-22(24(30)32)18-5-7-19(33-2)8-6-18/h3-11,14H,12-13,15H2,1-2H3,(H,26,31)(H,27,29). The van der Waals surface area contributed by atoms with Crippen LogP contribution in [0.5, 0.6) is 5.75 Å². The number of anilines is 1. The van der Waals surface area contributed by atoms with E-state index < -0.39 is 0 Å². The van der Waals surface area contributed by atoms with Crippen molar-refractivity contribution in [2.45, 2.75) is 20.0 Å². The van der Waals surface area contributed by atoms with Crippen LogP contribution in [-0.2, 0) is 17.9 Å². The Labute approximate surface area is 190 Å². The molecular formula is C24H24N6O3. The first kappa shape index (κ1) is 21.9. The molecule has 0 aliphatic rings. The largest absolute Gasteiger partial charge is 0.497 e. The molecule has 9 heteroatoms. The highest BCUT2D eigenvalue weighted by molar-refractivity contribution is 5.76. The van der Waals surface area contributed by atoms with Crippen LogP contribution in [0.2, 0.25) is 0 Å². The molecule has 1 aromatic carbocycles. The van der Waals surface area contributed by atoms with Gasteiger partial charge in [-0.25, -0.2) is 9.97 Å². The number of carbonyl (C=O) groups is 1. The smallest absolute Gasteiger partial charge is 0.278 e. The predicted octanol–water partition coefficient (Wildman–Crippen LogP) is 2.61. The summed E-state index contributed by atoms with van der Waals surface area (Å²) < 4.78 is 6.76. The Morgan fingerprint density at radius 3 is 2.61 bits per heavy atom. The third-order valence-electron chi connectivity index (χ3n) is 5.06. The van der Waals surface area contributed by atoms with Crippen LogP contribution in [0.15, 0.2) is 65.7 Å². The lowest BCUT2D eigenvalue weighted by Crippen LogP contribution is -2.31. The minimum absolute atomic E-state index is 0.163. The number of methoxy groups -OCH3 is 1. The van der Waals surface area contributed by atoms with Crippen LogP contribution in [0.3, 0.4) is 0 Å². The van der Waals surface area contributed by atoms with Gasteiger partial charge in [0.2, 0.25) is 5.91 Å². The molecule has 1 amide bonds. The van der Waals surface area contributed by atoms with Crippen LogP contribution in [0.25, 0.3) is 22.4 Å². The number of ether oxygens (including phenoxy) is 1. The molecule has 3 heterocycles. The molecule has 3 aromatic heterocycles. The molecule has 4 aromatic rings. The number of fused-ring (bicyclic) bond motifs is 1. The van der Waals surface area contributed by atoms with E-state index in [2.05, 4.69) is 25.6 Å². The third kappa shape index (κ3) is 5.15. The first-order valence-electron chi connectivity index (χ1n) is 10.5. The minimum atomic E-state index is -0.282. The zero-order valence-corrected chi connectivity index (χ0v) is 18.4. The van der Waals surface area contributed by atoms with Gasteiger partial charge in [0, 0.05) is 44.5 Å². The lowest BCUT2D eigenvalue weighted by Gasteiger charge is -2.14. The quantitative estimate of drug-likeness (QED) is 0.430. The first-order chi connectivity index (χ1) is 16.0. The topological polar surface area (TPSA) is 111 Å². The number of hydrogen-bond acceptors (Lipinski definition) is 7. The summed E-state index contributed by atoms with van der Waals surface area (Å²) in [4.78, 5) is 38.1. The van der Waals surface area contributed by atoms with Gasteiger partial charge in [-0.2, -0.15) is 0 Å². The summed E-state index contributed by atoms with van der Waals surface area (Å²) >= 11 is 0. The van der Waals surface area contributed by atoms with E-state index in [0.29, 0.717) is 47.1 Å². The zero-order chi connectivity index (χ0) is 23.2.